The predicted molar refractivity (Wildman–Crippen MR) is 129 cm³/mol. The Labute approximate surface area is 210 Å². The van der Waals surface area contributed by atoms with Crippen LogP contribution in [0, 0.1) is 0 Å². The fourth-order valence-electron chi connectivity index (χ4n) is 4.41. The van der Waals surface area contributed by atoms with E-state index >= 15 is 0 Å². The number of hydrogen-bond donors (Lipinski definition) is 0. The number of para-hydroxylation sites is 2. The SMILES string of the molecule is O=C(c1ccccn1)N1CC(Oc2cc(-n3c(C(F)F)nc4ccccc43)nc(N3CCOCC3)n2)C1. The quantitative estimate of drug-likeness (QED) is 0.393. The standard InChI is InChI=1S/C25H23F2N7O3/c26-22(27)23-29-17-5-1-2-7-19(17)34(23)20-13-21(31-25(30-20)32-9-11-36-12-10-32)37-16-14-33(15-16)24(35)18-6-3-4-8-28-18/h1-8,13,16,22H,9-12,14-15H2. The maximum absolute atomic E-state index is 14.0. The Balaban J connectivity index is 1.31. The van der Waals surface area contributed by atoms with E-state index in [2.05, 4.69) is 19.9 Å². The summed E-state index contributed by atoms with van der Waals surface area (Å²) in [7, 11) is 0. The Bertz CT molecular complexity index is 1420. The Kier molecular flexibility index (Phi) is 6.08. The number of nitrogens with zero attached hydrogens (tertiary/aromatic N) is 7. The van der Waals surface area contributed by atoms with Gasteiger partial charge >= 0.3 is 0 Å². The summed E-state index contributed by atoms with van der Waals surface area (Å²) in [6, 6.07) is 13.6. The Hall–Kier alpha value is -4.19. The fourth-order valence-corrected chi connectivity index (χ4v) is 4.41. The number of ether oxygens (including phenoxy) is 2. The van der Waals surface area contributed by atoms with Crippen molar-refractivity contribution in [2.45, 2.75) is 12.5 Å². The number of likely N-dealkylation sites (tertiary alicyclic amines) is 1. The van der Waals surface area contributed by atoms with Crippen LogP contribution in [0.5, 0.6) is 5.88 Å². The second-order valence-corrected chi connectivity index (χ2v) is 8.72. The van der Waals surface area contributed by atoms with Crippen LogP contribution in [0.2, 0.25) is 0 Å². The van der Waals surface area contributed by atoms with Crippen molar-refractivity contribution in [2.75, 3.05) is 44.3 Å². The molecule has 0 aliphatic carbocycles. The number of benzene rings is 1. The number of alkyl halides is 2. The van der Waals surface area contributed by atoms with E-state index in [1.54, 1.807) is 53.6 Å². The molecule has 0 spiro atoms. The molecule has 5 heterocycles. The number of halogens is 2. The van der Waals surface area contributed by atoms with Crippen LogP contribution in [0.1, 0.15) is 22.7 Å². The molecular formula is C25H23F2N7O3. The maximum atomic E-state index is 14.0. The van der Waals surface area contributed by atoms with E-state index in [0.29, 0.717) is 62.1 Å². The van der Waals surface area contributed by atoms with Gasteiger partial charge in [0.15, 0.2) is 5.82 Å². The first-order valence-electron chi connectivity index (χ1n) is 11.9. The van der Waals surface area contributed by atoms with Crippen LogP contribution in [0.4, 0.5) is 14.7 Å². The summed E-state index contributed by atoms with van der Waals surface area (Å²) in [5, 5.41) is 0. The Morgan fingerprint density at radius 3 is 2.57 bits per heavy atom. The van der Waals surface area contributed by atoms with E-state index in [-0.39, 0.29) is 23.7 Å². The van der Waals surface area contributed by atoms with Gasteiger partial charge < -0.3 is 19.3 Å². The van der Waals surface area contributed by atoms with E-state index in [1.807, 2.05) is 4.90 Å². The van der Waals surface area contributed by atoms with Crippen LogP contribution in [-0.2, 0) is 4.74 Å². The van der Waals surface area contributed by atoms with Crippen molar-refractivity contribution in [3.63, 3.8) is 0 Å². The molecule has 190 valence electrons. The number of morpholine rings is 1. The van der Waals surface area contributed by atoms with Gasteiger partial charge in [0, 0.05) is 25.4 Å². The third-order valence-corrected chi connectivity index (χ3v) is 6.29. The van der Waals surface area contributed by atoms with Crippen LogP contribution < -0.4 is 9.64 Å². The highest BCUT2D eigenvalue weighted by Gasteiger charge is 2.34. The van der Waals surface area contributed by atoms with E-state index in [0.717, 1.165) is 0 Å². The lowest BCUT2D eigenvalue weighted by Gasteiger charge is -2.38. The number of hydrogen-bond acceptors (Lipinski definition) is 8. The highest BCUT2D eigenvalue weighted by Crippen LogP contribution is 2.30. The molecule has 10 nitrogen and oxygen atoms in total. The van der Waals surface area contributed by atoms with Gasteiger partial charge in [0.2, 0.25) is 11.8 Å². The lowest BCUT2D eigenvalue weighted by molar-refractivity contribution is 0.0155. The Morgan fingerprint density at radius 2 is 1.81 bits per heavy atom. The molecule has 0 bridgehead atoms. The van der Waals surface area contributed by atoms with E-state index < -0.39 is 12.2 Å². The first-order valence-corrected chi connectivity index (χ1v) is 11.9. The van der Waals surface area contributed by atoms with Gasteiger partial charge in [0.05, 0.1) is 37.3 Å². The average Bonchev–Trinajstić information content (AvgIpc) is 3.31. The minimum atomic E-state index is -2.81. The summed E-state index contributed by atoms with van der Waals surface area (Å²) < 4.78 is 40.9. The molecule has 2 aliphatic rings. The third kappa shape index (κ3) is 4.55. The zero-order chi connectivity index (χ0) is 25.4. The minimum absolute atomic E-state index is 0.177. The van der Waals surface area contributed by atoms with Gasteiger partial charge in [-0.05, 0) is 24.3 Å². The predicted octanol–water partition coefficient (Wildman–Crippen LogP) is 2.89. The van der Waals surface area contributed by atoms with E-state index in [4.69, 9.17) is 9.47 Å². The number of amides is 1. The largest absolute Gasteiger partial charge is 0.470 e. The van der Waals surface area contributed by atoms with Gasteiger partial charge in [-0.2, -0.15) is 9.97 Å². The van der Waals surface area contributed by atoms with Crippen molar-refractivity contribution in [1.82, 2.24) is 29.4 Å². The lowest BCUT2D eigenvalue weighted by Crippen LogP contribution is -2.56. The molecule has 0 radical (unpaired) electrons. The van der Waals surface area contributed by atoms with Gasteiger partial charge in [-0.25, -0.2) is 13.8 Å². The fraction of sp³-hybridized carbons (Fsp3) is 0.320. The molecule has 0 atom stereocenters. The van der Waals surface area contributed by atoms with Crippen LogP contribution in [0.3, 0.4) is 0 Å². The lowest BCUT2D eigenvalue weighted by atomic mass is 10.1. The van der Waals surface area contributed by atoms with Crippen molar-refractivity contribution in [1.29, 1.82) is 0 Å². The number of rotatable bonds is 6. The van der Waals surface area contributed by atoms with Crippen LogP contribution >= 0.6 is 0 Å². The molecule has 37 heavy (non-hydrogen) atoms. The average molecular weight is 508 g/mol. The van der Waals surface area contributed by atoms with Crippen LogP contribution in [-0.4, -0.2) is 80.8 Å². The highest BCUT2D eigenvalue weighted by atomic mass is 19.3. The Morgan fingerprint density at radius 1 is 1.03 bits per heavy atom. The molecule has 0 N–H and O–H groups in total. The summed E-state index contributed by atoms with van der Waals surface area (Å²) in [5.74, 6) is 0.240. The molecule has 6 rings (SSSR count). The topological polar surface area (TPSA) is 98.5 Å². The summed E-state index contributed by atoms with van der Waals surface area (Å²) in [5.41, 5.74) is 1.31. The number of imidazole rings is 1. The summed E-state index contributed by atoms with van der Waals surface area (Å²) in [4.78, 5) is 33.6. The highest BCUT2D eigenvalue weighted by molar-refractivity contribution is 5.92. The van der Waals surface area contributed by atoms with Gasteiger partial charge in [-0.1, -0.05) is 18.2 Å². The van der Waals surface area contributed by atoms with Crippen molar-refractivity contribution in [3.8, 4) is 11.7 Å². The molecule has 2 fully saturated rings. The molecule has 1 aromatic carbocycles. The molecule has 1 amide bonds. The van der Waals surface area contributed by atoms with Gasteiger partial charge in [-0.15, -0.1) is 0 Å². The van der Waals surface area contributed by atoms with E-state index in [1.165, 1.54) is 10.6 Å². The summed E-state index contributed by atoms with van der Waals surface area (Å²) in [6.45, 7) is 2.85. The first kappa shape index (κ1) is 23.2. The molecule has 2 saturated heterocycles. The van der Waals surface area contributed by atoms with Crippen molar-refractivity contribution in [3.05, 3.63) is 66.2 Å². The summed E-state index contributed by atoms with van der Waals surface area (Å²) >= 11 is 0. The number of carbonyl (C=O) groups excluding carboxylic acids is 1. The monoisotopic (exact) mass is 507 g/mol. The van der Waals surface area contributed by atoms with Crippen molar-refractivity contribution < 1.29 is 23.0 Å². The summed E-state index contributed by atoms with van der Waals surface area (Å²) in [6.07, 6.45) is -1.54. The second-order valence-electron chi connectivity index (χ2n) is 8.72. The van der Waals surface area contributed by atoms with Crippen molar-refractivity contribution >= 4 is 22.9 Å². The zero-order valence-electron chi connectivity index (χ0n) is 19.7. The zero-order valence-corrected chi connectivity index (χ0v) is 19.7. The molecule has 4 aromatic rings. The van der Waals surface area contributed by atoms with Crippen molar-refractivity contribution in [2.24, 2.45) is 0 Å². The molecule has 2 aliphatic heterocycles. The molecule has 0 unspecified atom stereocenters. The minimum Gasteiger partial charge on any atom is -0.470 e. The third-order valence-electron chi connectivity index (χ3n) is 6.29. The number of aromatic nitrogens is 5. The van der Waals surface area contributed by atoms with Crippen LogP contribution in [0.15, 0.2) is 54.7 Å². The maximum Gasteiger partial charge on any atom is 0.296 e. The van der Waals surface area contributed by atoms with Gasteiger partial charge in [0.1, 0.15) is 17.6 Å². The number of carbonyl (C=O) groups is 1. The molecule has 3 aromatic heterocycles. The molecule has 0 saturated carbocycles. The second kappa shape index (κ2) is 9.69. The number of anilines is 1. The smallest absolute Gasteiger partial charge is 0.296 e. The molecule has 12 heteroatoms. The van der Waals surface area contributed by atoms with Gasteiger partial charge in [-0.3, -0.25) is 14.3 Å². The number of fused-ring (bicyclic) bond motifs is 1. The van der Waals surface area contributed by atoms with Crippen LogP contribution in [0.25, 0.3) is 16.9 Å². The normalized spacial score (nSPS) is 16.3. The van der Waals surface area contributed by atoms with E-state index in [9.17, 15) is 13.6 Å². The number of pyridine rings is 1. The molecular weight excluding hydrogens is 484 g/mol. The first-order chi connectivity index (χ1) is 18.1. The van der Waals surface area contributed by atoms with Gasteiger partial charge in [0.25, 0.3) is 12.3 Å².